The molecule has 0 radical (unpaired) electrons. The Labute approximate surface area is 144 Å². The first-order valence-corrected chi connectivity index (χ1v) is 7.48. The zero-order valence-electron chi connectivity index (χ0n) is 15.5. The van der Waals surface area contributed by atoms with Gasteiger partial charge in [0.2, 0.25) is 0 Å². The molecule has 2 aromatic heterocycles. The molecule has 0 saturated carbocycles. The van der Waals surface area contributed by atoms with Gasteiger partial charge in [0.05, 0.1) is 18.2 Å². The molecule has 5 nitrogen and oxygen atoms in total. The summed E-state index contributed by atoms with van der Waals surface area (Å²) in [5, 5.41) is 0.292. The summed E-state index contributed by atoms with van der Waals surface area (Å²) < 4.78 is 67.6. The first-order valence-electron chi connectivity index (χ1n) is 8.37. The molecule has 9 heteroatoms. The highest BCUT2D eigenvalue weighted by Gasteiger charge is 2.32. The number of hydrogen-bond donors (Lipinski definition) is 2. The Morgan fingerprint density at radius 3 is 2.72 bits per heavy atom. The number of pyridine rings is 1. The predicted molar refractivity (Wildman–Crippen MR) is 86.4 cm³/mol. The monoisotopic (exact) mass is 357 g/mol. The number of alkyl halides is 4. The van der Waals surface area contributed by atoms with E-state index in [1.165, 1.54) is 43.4 Å². The second-order valence-electron chi connectivity index (χ2n) is 6.32. The van der Waals surface area contributed by atoms with E-state index < -0.39 is 23.7 Å². The van der Waals surface area contributed by atoms with Crippen LogP contribution in [0, 0.1) is 0 Å². The van der Waals surface area contributed by atoms with Gasteiger partial charge in [-0.15, -0.1) is 0 Å². The molecule has 0 aromatic carbocycles. The molecule has 0 fully saturated rings. The fourth-order valence-corrected chi connectivity index (χ4v) is 2.48. The predicted octanol–water partition coefficient (Wildman–Crippen LogP) is 3.34. The summed E-state index contributed by atoms with van der Waals surface area (Å²) in [6, 6.07) is 2.51. The molecule has 1 aliphatic heterocycles. The van der Waals surface area contributed by atoms with Crippen molar-refractivity contribution >= 4 is 17.4 Å². The van der Waals surface area contributed by atoms with Crippen molar-refractivity contribution in [2.75, 3.05) is 0 Å². The third kappa shape index (κ3) is 3.65. The van der Waals surface area contributed by atoms with Crippen molar-refractivity contribution in [3.05, 3.63) is 41.4 Å². The number of allylic oxidation sites excluding steroid dienone is 1. The molecule has 3 N–H and O–H groups in total. The summed E-state index contributed by atoms with van der Waals surface area (Å²) in [5.41, 5.74) is -1.44. The number of aliphatic imine (C=N–C) groups is 1. The lowest BCUT2D eigenvalue weighted by Crippen LogP contribution is -2.42. The number of H-pyrrole nitrogens is 1. The number of halogens is 4. The summed E-state index contributed by atoms with van der Waals surface area (Å²) in [4.78, 5) is 11.7. The van der Waals surface area contributed by atoms with E-state index >= 15 is 0 Å². The number of nitrogens with zero attached hydrogens (tertiary/aromatic N) is 3. The molecule has 1 unspecified atom stereocenters. The molecular formula is C16H17F4N5. The smallest absolute Gasteiger partial charge is 0.339 e. The highest BCUT2D eigenvalue weighted by Crippen LogP contribution is 2.31. The quantitative estimate of drug-likeness (QED) is 0.825. The van der Waals surface area contributed by atoms with Crippen molar-refractivity contribution in [1.29, 1.82) is 0 Å². The minimum Gasteiger partial charge on any atom is -0.339 e. The average Bonchev–Trinajstić information content (AvgIpc) is 2.97. The summed E-state index contributed by atoms with van der Waals surface area (Å²) in [5.74, 6) is 0. The number of nitrogens with one attached hydrogen (secondary N) is 1. The zero-order chi connectivity index (χ0) is 20.0. The topological polar surface area (TPSA) is 70.3 Å². The summed E-state index contributed by atoms with van der Waals surface area (Å²) in [6.07, 6.45) is -1.31. The van der Waals surface area contributed by atoms with Crippen molar-refractivity contribution in [3.63, 3.8) is 0 Å². The van der Waals surface area contributed by atoms with Gasteiger partial charge >= 0.3 is 6.18 Å². The van der Waals surface area contributed by atoms with Crippen LogP contribution in [0.15, 0.2) is 35.1 Å². The molecule has 0 spiro atoms. The molecule has 134 valence electrons. The third-order valence-corrected chi connectivity index (χ3v) is 3.80. The molecule has 3 rings (SSSR count). The van der Waals surface area contributed by atoms with Crippen molar-refractivity contribution in [3.8, 4) is 0 Å². The van der Waals surface area contributed by atoms with Crippen LogP contribution in [0.3, 0.4) is 0 Å². The van der Waals surface area contributed by atoms with Crippen LogP contribution in [0.1, 0.15) is 25.1 Å². The van der Waals surface area contributed by atoms with Gasteiger partial charge in [0.1, 0.15) is 19.8 Å². The van der Waals surface area contributed by atoms with Gasteiger partial charge in [-0.1, -0.05) is 0 Å². The van der Waals surface area contributed by atoms with E-state index in [4.69, 9.17) is 2.82 Å². The van der Waals surface area contributed by atoms with Crippen LogP contribution < -0.4 is 5.72 Å². The molecule has 0 aliphatic carbocycles. The van der Waals surface area contributed by atoms with Crippen LogP contribution in [0.5, 0.6) is 0 Å². The molecule has 25 heavy (non-hydrogen) atoms. The van der Waals surface area contributed by atoms with Crippen LogP contribution in [0.4, 0.5) is 17.6 Å². The Balaban J connectivity index is 1.86. The standard InChI is InChI=1S/C16H17F4N5/c1-15(2,17)11-5-13(21)25(8-23-11)7-9-3-10-4-12(16(18,19)20)24-14(10)22-6-9/h3-6,8,13H,7,21H2,1-2H3,(H,22,24)/i/hD2. The van der Waals surface area contributed by atoms with E-state index in [0.717, 1.165) is 6.07 Å². The lowest BCUT2D eigenvalue weighted by molar-refractivity contribution is -0.140. The minimum absolute atomic E-state index is 0.0993. The maximum absolute atomic E-state index is 14.1. The fraction of sp³-hybridized carbons (Fsp3) is 0.375. The van der Waals surface area contributed by atoms with E-state index in [1.807, 2.05) is 0 Å². The van der Waals surface area contributed by atoms with Crippen LogP contribution in [-0.2, 0) is 12.7 Å². The van der Waals surface area contributed by atoms with E-state index in [1.54, 1.807) is 0 Å². The summed E-state index contributed by atoms with van der Waals surface area (Å²) in [7, 11) is 0. The van der Waals surface area contributed by atoms with Gasteiger partial charge in [-0.2, -0.15) is 13.2 Å². The Morgan fingerprint density at radius 1 is 1.32 bits per heavy atom. The van der Waals surface area contributed by atoms with E-state index in [2.05, 4.69) is 15.0 Å². The molecule has 1 atom stereocenters. The van der Waals surface area contributed by atoms with Gasteiger partial charge in [-0.25, -0.2) is 14.4 Å². The van der Waals surface area contributed by atoms with Gasteiger partial charge in [0, 0.05) is 18.1 Å². The normalized spacial score (nSPS) is 20.0. The number of fused-ring (bicyclic) bond motifs is 1. The SMILES string of the molecule is [2H]N([2H])C1C=C(C(C)(C)F)N=CN1Cc1cnc2[nH]c(C(F)(F)F)cc2c1. The van der Waals surface area contributed by atoms with E-state index in [0.29, 0.717) is 16.7 Å². The fourth-order valence-electron chi connectivity index (χ4n) is 2.48. The second kappa shape index (κ2) is 5.83. The van der Waals surface area contributed by atoms with Crippen molar-refractivity contribution < 1.29 is 20.4 Å². The highest BCUT2D eigenvalue weighted by molar-refractivity contribution is 5.77. The Morgan fingerprint density at radius 2 is 2.08 bits per heavy atom. The molecule has 0 bridgehead atoms. The molecule has 0 saturated heterocycles. The maximum atomic E-state index is 14.1. The number of aromatic amines is 1. The number of rotatable bonds is 4. The summed E-state index contributed by atoms with van der Waals surface area (Å²) >= 11 is 0. The molecular weight excluding hydrogens is 338 g/mol. The molecule has 3 heterocycles. The first kappa shape index (κ1) is 14.9. The van der Waals surface area contributed by atoms with Crippen molar-refractivity contribution in [2.24, 2.45) is 10.7 Å². The first-order chi connectivity index (χ1) is 12.4. The number of nitrogens with two attached hydrogens (primary N) is 1. The van der Waals surface area contributed by atoms with Gasteiger partial charge < -0.3 is 15.6 Å². The van der Waals surface area contributed by atoms with Gasteiger partial charge in [0.25, 0.3) is 0 Å². The lowest BCUT2D eigenvalue weighted by Gasteiger charge is -2.30. The van der Waals surface area contributed by atoms with Crippen LogP contribution >= 0.6 is 0 Å². The maximum Gasteiger partial charge on any atom is 0.431 e. The van der Waals surface area contributed by atoms with Crippen LogP contribution in [0.2, 0.25) is 2.82 Å². The van der Waals surface area contributed by atoms with Crippen LogP contribution in [0.25, 0.3) is 11.0 Å². The molecule has 2 aromatic rings. The average molecular weight is 357 g/mol. The van der Waals surface area contributed by atoms with Crippen molar-refractivity contribution in [2.45, 2.75) is 38.4 Å². The van der Waals surface area contributed by atoms with Gasteiger partial charge in [-0.05, 0) is 37.6 Å². The third-order valence-electron chi connectivity index (χ3n) is 3.80. The zero-order valence-corrected chi connectivity index (χ0v) is 13.5. The Kier molecular flexibility index (Phi) is 3.47. The number of hydrogen-bond acceptors (Lipinski definition) is 4. The minimum atomic E-state index is -4.50. The van der Waals surface area contributed by atoms with E-state index in [9.17, 15) is 17.6 Å². The Hall–Kier alpha value is -2.42. The Bertz CT molecular complexity index is 898. The van der Waals surface area contributed by atoms with Crippen LogP contribution in [-0.4, -0.2) is 33.0 Å². The highest BCUT2D eigenvalue weighted by atomic mass is 19.4. The van der Waals surface area contributed by atoms with E-state index in [-0.39, 0.29) is 17.9 Å². The van der Waals surface area contributed by atoms with Gasteiger partial charge in [0.15, 0.2) is 0 Å². The lowest BCUT2D eigenvalue weighted by atomic mass is 10.1. The molecule has 0 amide bonds. The second-order valence-corrected chi connectivity index (χ2v) is 6.32. The molecule has 1 aliphatic rings. The van der Waals surface area contributed by atoms with Crippen molar-refractivity contribution in [1.82, 2.24) is 14.9 Å². The van der Waals surface area contributed by atoms with Gasteiger partial charge in [-0.3, -0.25) is 0 Å². The largest absolute Gasteiger partial charge is 0.431 e. The number of aromatic nitrogens is 2. The summed E-state index contributed by atoms with van der Waals surface area (Å²) in [6.45, 7) is 2.78.